The first-order chi connectivity index (χ1) is 11.1. The van der Waals surface area contributed by atoms with E-state index >= 15 is 0 Å². The molecule has 5 heteroatoms. The lowest BCUT2D eigenvalue weighted by Crippen LogP contribution is -2.38. The monoisotopic (exact) mass is 327 g/mol. The molecule has 0 spiro atoms. The van der Waals surface area contributed by atoms with E-state index in [1.54, 1.807) is 13.0 Å². The van der Waals surface area contributed by atoms with Crippen LogP contribution in [0.25, 0.3) is 11.1 Å². The molecule has 1 amide bonds. The van der Waals surface area contributed by atoms with Gasteiger partial charge in [-0.05, 0) is 30.0 Å². The van der Waals surface area contributed by atoms with Crippen LogP contribution in [-0.4, -0.2) is 17.6 Å². The van der Waals surface area contributed by atoms with Gasteiger partial charge in [-0.1, -0.05) is 36.4 Å². The molecule has 4 nitrogen and oxygen atoms in total. The Hall–Kier alpha value is -2.37. The molecular weight excluding hydrogens is 310 g/mol. The summed E-state index contributed by atoms with van der Waals surface area (Å²) in [5, 5.41) is 15.1. The zero-order chi connectivity index (χ0) is 16.3. The third kappa shape index (κ3) is 3.36. The van der Waals surface area contributed by atoms with Crippen LogP contribution in [0.1, 0.15) is 22.4 Å². The molecule has 0 aliphatic rings. The third-order valence-corrected chi connectivity index (χ3v) is 4.72. The van der Waals surface area contributed by atoms with Crippen LogP contribution in [0.4, 0.5) is 0 Å². The highest BCUT2D eigenvalue weighted by Crippen LogP contribution is 2.26. The molecule has 0 aliphatic carbocycles. The molecule has 2 heterocycles. The van der Waals surface area contributed by atoms with Crippen molar-refractivity contribution in [2.75, 3.05) is 6.54 Å². The van der Waals surface area contributed by atoms with Gasteiger partial charge in [0, 0.05) is 10.4 Å². The summed E-state index contributed by atoms with van der Waals surface area (Å²) in [5.74, 6) is -0.0936. The molecular formula is C18H17NO3S. The van der Waals surface area contributed by atoms with Crippen LogP contribution in [0.5, 0.6) is 0 Å². The predicted molar refractivity (Wildman–Crippen MR) is 90.4 cm³/mol. The number of rotatable bonds is 5. The largest absolute Gasteiger partial charge is 0.459 e. The Morgan fingerprint density at radius 3 is 2.70 bits per heavy atom. The molecule has 1 aromatic carbocycles. The summed E-state index contributed by atoms with van der Waals surface area (Å²) in [6, 6.07) is 15.1. The molecule has 2 N–H and O–H groups in total. The number of carbonyl (C=O) groups is 1. The van der Waals surface area contributed by atoms with Crippen molar-refractivity contribution in [3.63, 3.8) is 0 Å². The third-order valence-electron chi connectivity index (χ3n) is 3.60. The lowest BCUT2D eigenvalue weighted by molar-refractivity contribution is 0.0548. The van der Waals surface area contributed by atoms with E-state index in [9.17, 15) is 9.90 Å². The number of thiophene rings is 1. The summed E-state index contributed by atoms with van der Waals surface area (Å²) in [6.07, 6.45) is 1.49. The smallest absolute Gasteiger partial charge is 0.287 e. The maximum Gasteiger partial charge on any atom is 0.287 e. The molecule has 0 fully saturated rings. The molecule has 1 atom stereocenters. The summed E-state index contributed by atoms with van der Waals surface area (Å²) < 4.78 is 5.35. The maximum atomic E-state index is 12.4. The van der Waals surface area contributed by atoms with Crippen molar-refractivity contribution in [1.82, 2.24) is 5.32 Å². The Bertz CT molecular complexity index is 776. The van der Waals surface area contributed by atoms with Gasteiger partial charge in [-0.25, -0.2) is 0 Å². The Morgan fingerprint density at radius 2 is 2.00 bits per heavy atom. The summed E-state index contributed by atoms with van der Waals surface area (Å²) >= 11 is 1.45. The fourth-order valence-electron chi connectivity index (χ4n) is 2.33. The Labute approximate surface area is 138 Å². The summed E-state index contributed by atoms with van der Waals surface area (Å²) in [5.41, 5.74) is 0.541. The molecule has 0 aliphatic heterocycles. The molecule has 118 valence electrons. The van der Waals surface area contributed by atoms with Crippen molar-refractivity contribution in [3.8, 4) is 11.1 Å². The standard InChI is InChI=1S/C18H17NO3S/c1-18(21,15-8-5-11-23-15)12-19-17(20)16-14(9-10-22-16)13-6-3-2-4-7-13/h2-11,21H,12H2,1H3,(H,19,20). The summed E-state index contributed by atoms with van der Waals surface area (Å²) in [4.78, 5) is 13.2. The first-order valence-electron chi connectivity index (χ1n) is 7.25. The first-order valence-corrected chi connectivity index (χ1v) is 8.13. The van der Waals surface area contributed by atoms with Gasteiger partial charge in [0.15, 0.2) is 5.76 Å². The van der Waals surface area contributed by atoms with Gasteiger partial charge in [0.2, 0.25) is 0 Å². The number of furan rings is 1. The number of aliphatic hydroxyl groups is 1. The van der Waals surface area contributed by atoms with E-state index in [4.69, 9.17) is 4.42 Å². The van der Waals surface area contributed by atoms with E-state index in [2.05, 4.69) is 5.32 Å². The average molecular weight is 327 g/mol. The Balaban J connectivity index is 1.74. The highest BCUT2D eigenvalue weighted by atomic mass is 32.1. The molecule has 2 aromatic heterocycles. The predicted octanol–water partition coefficient (Wildman–Crippen LogP) is 3.65. The second-order valence-electron chi connectivity index (χ2n) is 5.46. The summed E-state index contributed by atoms with van der Waals surface area (Å²) in [7, 11) is 0. The van der Waals surface area contributed by atoms with Crippen LogP contribution in [0.15, 0.2) is 64.6 Å². The average Bonchev–Trinajstić information content (AvgIpc) is 3.25. The molecule has 3 aromatic rings. The lowest BCUT2D eigenvalue weighted by Gasteiger charge is -2.22. The zero-order valence-corrected chi connectivity index (χ0v) is 13.5. The molecule has 0 saturated carbocycles. The van der Waals surface area contributed by atoms with Crippen molar-refractivity contribution in [3.05, 3.63) is 70.8 Å². The maximum absolute atomic E-state index is 12.4. The number of hydrogen-bond acceptors (Lipinski definition) is 4. The van der Waals surface area contributed by atoms with E-state index in [-0.39, 0.29) is 18.2 Å². The van der Waals surface area contributed by atoms with Crippen LogP contribution in [-0.2, 0) is 5.60 Å². The highest BCUT2D eigenvalue weighted by Gasteiger charge is 2.26. The minimum absolute atomic E-state index is 0.112. The van der Waals surface area contributed by atoms with Crippen molar-refractivity contribution >= 4 is 17.2 Å². The topological polar surface area (TPSA) is 62.5 Å². The van der Waals surface area contributed by atoms with Crippen LogP contribution in [0.3, 0.4) is 0 Å². The first kappa shape index (κ1) is 15.5. The van der Waals surface area contributed by atoms with Gasteiger partial charge in [0.25, 0.3) is 5.91 Å². The highest BCUT2D eigenvalue weighted by molar-refractivity contribution is 7.10. The summed E-state index contributed by atoms with van der Waals surface area (Å²) in [6.45, 7) is 1.79. The normalized spacial score (nSPS) is 13.5. The molecule has 1 unspecified atom stereocenters. The van der Waals surface area contributed by atoms with E-state index < -0.39 is 5.60 Å². The van der Waals surface area contributed by atoms with E-state index in [1.807, 2.05) is 47.8 Å². The number of benzene rings is 1. The SMILES string of the molecule is CC(O)(CNC(=O)c1occc1-c1ccccc1)c1cccs1. The fraction of sp³-hybridized carbons (Fsp3) is 0.167. The second kappa shape index (κ2) is 6.40. The van der Waals surface area contributed by atoms with Crippen molar-refractivity contribution in [2.24, 2.45) is 0 Å². The molecule has 23 heavy (non-hydrogen) atoms. The van der Waals surface area contributed by atoms with Crippen molar-refractivity contribution in [1.29, 1.82) is 0 Å². The minimum atomic E-state index is -1.11. The number of nitrogens with one attached hydrogen (secondary N) is 1. The van der Waals surface area contributed by atoms with Crippen LogP contribution in [0, 0.1) is 0 Å². The van der Waals surface area contributed by atoms with Crippen molar-refractivity contribution in [2.45, 2.75) is 12.5 Å². The molecule has 0 bridgehead atoms. The van der Waals surface area contributed by atoms with Gasteiger partial charge >= 0.3 is 0 Å². The Kier molecular flexibility index (Phi) is 4.32. The Morgan fingerprint density at radius 1 is 1.22 bits per heavy atom. The number of carbonyl (C=O) groups excluding carboxylic acids is 1. The van der Waals surface area contributed by atoms with Crippen LogP contribution >= 0.6 is 11.3 Å². The van der Waals surface area contributed by atoms with Gasteiger partial charge < -0.3 is 14.8 Å². The zero-order valence-electron chi connectivity index (χ0n) is 12.7. The van der Waals surface area contributed by atoms with E-state index in [0.717, 1.165) is 16.0 Å². The fourth-order valence-corrected chi connectivity index (χ4v) is 3.12. The van der Waals surface area contributed by atoms with E-state index in [1.165, 1.54) is 17.6 Å². The van der Waals surface area contributed by atoms with Gasteiger partial charge in [0.1, 0.15) is 5.60 Å². The number of amides is 1. The van der Waals surface area contributed by atoms with E-state index in [0.29, 0.717) is 0 Å². The van der Waals surface area contributed by atoms with Crippen LogP contribution in [0.2, 0.25) is 0 Å². The van der Waals surface area contributed by atoms with Gasteiger partial charge in [0.05, 0.1) is 12.8 Å². The second-order valence-corrected chi connectivity index (χ2v) is 6.41. The minimum Gasteiger partial charge on any atom is -0.459 e. The number of hydrogen-bond donors (Lipinski definition) is 2. The van der Waals surface area contributed by atoms with Crippen LogP contribution < -0.4 is 5.32 Å². The lowest BCUT2D eigenvalue weighted by atomic mass is 10.0. The molecule has 3 rings (SSSR count). The van der Waals surface area contributed by atoms with Gasteiger partial charge in [-0.2, -0.15) is 0 Å². The molecule has 0 radical (unpaired) electrons. The van der Waals surface area contributed by atoms with Crippen molar-refractivity contribution < 1.29 is 14.3 Å². The molecule has 0 saturated heterocycles. The quantitative estimate of drug-likeness (QED) is 0.752. The van der Waals surface area contributed by atoms with Gasteiger partial charge in [-0.15, -0.1) is 11.3 Å². The van der Waals surface area contributed by atoms with Gasteiger partial charge in [-0.3, -0.25) is 4.79 Å².